The SMILES string of the molecule is CCCCNC(=O)C(C)Nc1ccc(C)c(Br)c1. The fourth-order valence-electron chi connectivity index (χ4n) is 1.54. The largest absolute Gasteiger partial charge is 0.374 e. The number of aryl methyl sites for hydroxylation is 1. The van der Waals surface area contributed by atoms with Gasteiger partial charge in [0.2, 0.25) is 5.91 Å². The molecule has 0 fully saturated rings. The van der Waals surface area contributed by atoms with Crippen LogP contribution in [0.5, 0.6) is 0 Å². The van der Waals surface area contributed by atoms with Crippen molar-refractivity contribution in [2.75, 3.05) is 11.9 Å². The molecule has 0 saturated heterocycles. The number of carbonyl (C=O) groups is 1. The quantitative estimate of drug-likeness (QED) is 0.790. The van der Waals surface area contributed by atoms with Gasteiger partial charge in [0.25, 0.3) is 0 Å². The summed E-state index contributed by atoms with van der Waals surface area (Å²) in [4.78, 5) is 11.8. The second-order valence-electron chi connectivity index (χ2n) is 4.47. The zero-order chi connectivity index (χ0) is 13.5. The van der Waals surface area contributed by atoms with Gasteiger partial charge in [-0.2, -0.15) is 0 Å². The van der Waals surface area contributed by atoms with Crippen molar-refractivity contribution >= 4 is 27.5 Å². The van der Waals surface area contributed by atoms with Gasteiger partial charge < -0.3 is 10.6 Å². The number of halogens is 1. The van der Waals surface area contributed by atoms with Crippen LogP contribution >= 0.6 is 15.9 Å². The molecule has 1 atom stereocenters. The number of anilines is 1. The average Bonchev–Trinajstić information content (AvgIpc) is 2.34. The van der Waals surface area contributed by atoms with Gasteiger partial charge in [0, 0.05) is 16.7 Å². The number of hydrogen-bond donors (Lipinski definition) is 2. The van der Waals surface area contributed by atoms with E-state index >= 15 is 0 Å². The molecular formula is C14H21BrN2O. The molecule has 4 heteroatoms. The van der Waals surface area contributed by atoms with E-state index in [2.05, 4.69) is 33.5 Å². The molecule has 0 heterocycles. The Labute approximate surface area is 117 Å². The number of hydrogen-bond acceptors (Lipinski definition) is 2. The molecule has 1 unspecified atom stereocenters. The smallest absolute Gasteiger partial charge is 0.242 e. The Kier molecular flexibility index (Phi) is 6.19. The van der Waals surface area contributed by atoms with Crippen molar-refractivity contribution < 1.29 is 4.79 Å². The van der Waals surface area contributed by atoms with Gasteiger partial charge in [-0.1, -0.05) is 35.3 Å². The van der Waals surface area contributed by atoms with Crippen LogP contribution in [0.4, 0.5) is 5.69 Å². The van der Waals surface area contributed by atoms with E-state index in [1.54, 1.807) is 0 Å². The molecule has 0 aromatic heterocycles. The van der Waals surface area contributed by atoms with Gasteiger partial charge in [0.15, 0.2) is 0 Å². The van der Waals surface area contributed by atoms with Crippen LogP contribution in [-0.2, 0) is 4.79 Å². The van der Waals surface area contributed by atoms with Crippen LogP contribution in [0, 0.1) is 6.92 Å². The Bertz CT molecular complexity index is 407. The third-order valence-corrected chi connectivity index (χ3v) is 3.63. The summed E-state index contributed by atoms with van der Waals surface area (Å²) in [6.45, 7) is 6.76. The molecule has 0 aliphatic heterocycles. The van der Waals surface area contributed by atoms with Crippen LogP contribution in [0.1, 0.15) is 32.3 Å². The molecule has 18 heavy (non-hydrogen) atoms. The van der Waals surface area contributed by atoms with Gasteiger partial charge in [0.05, 0.1) is 0 Å². The topological polar surface area (TPSA) is 41.1 Å². The number of nitrogens with one attached hydrogen (secondary N) is 2. The lowest BCUT2D eigenvalue weighted by molar-refractivity contribution is -0.121. The summed E-state index contributed by atoms with van der Waals surface area (Å²) in [5.41, 5.74) is 2.13. The lowest BCUT2D eigenvalue weighted by atomic mass is 10.2. The molecule has 100 valence electrons. The van der Waals surface area contributed by atoms with Gasteiger partial charge in [-0.25, -0.2) is 0 Å². The Balaban J connectivity index is 2.50. The molecular weight excluding hydrogens is 292 g/mol. The number of carbonyl (C=O) groups excluding carboxylic acids is 1. The number of amides is 1. The van der Waals surface area contributed by atoms with Crippen LogP contribution < -0.4 is 10.6 Å². The molecule has 0 aliphatic rings. The first-order valence-corrected chi connectivity index (χ1v) is 7.14. The van der Waals surface area contributed by atoms with Crippen molar-refractivity contribution in [1.82, 2.24) is 5.32 Å². The zero-order valence-corrected chi connectivity index (χ0v) is 12.8. The zero-order valence-electron chi connectivity index (χ0n) is 11.2. The highest BCUT2D eigenvalue weighted by molar-refractivity contribution is 9.10. The van der Waals surface area contributed by atoms with Gasteiger partial charge >= 0.3 is 0 Å². The monoisotopic (exact) mass is 312 g/mol. The van der Waals surface area contributed by atoms with Gasteiger partial charge in [-0.3, -0.25) is 4.79 Å². The first kappa shape index (κ1) is 15.0. The van der Waals surface area contributed by atoms with Crippen molar-refractivity contribution in [3.63, 3.8) is 0 Å². The van der Waals surface area contributed by atoms with Gasteiger partial charge in [-0.15, -0.1) is 0 Å². The maximum Gasteiger partial charge on any atom is 0.242 e. The fourth-order valence-corrected chi connectivity index (χ4v) is 1.92. The number of rotatable bonds is 6. The number of unbranched alkanes of at least 4 members (excludes halogenated alkanes) is 1. The summed E-state index contributed by atoms with van der Waals surface area (Å²) >= 11 is 3.48. The highest BCUT2D eigenvalue weighted by Gasteiger charge is 2.11. The molecule has 1 amide bonds. The first-order chi connectivity index (χ1) is 8.54. The van der Waals surface area contributed by atoms with Crippen LogP contribution in [0.3, 0.4) is 0 Å². The van der Waals surface area contributed by atoms with E-state index in [-0.39, 0.29) is 11.9 Å². The van der Waals surface area contributed by atoms with Gasteiger partial charge in [-0.05, 0) is 38.0 Å². The molecule has 1 aromatic rings. The molecule has 0 bridgehead atoms. The summed E-state index contributed by atoms with van der Waals surface area (Å²) in [5.74, 6) is 0.0418. The summed E-state index contributed by atoms with van der Waals surface area (Å²) in [6.07, 6.45) is 2.11. The minimum atomic E-state index is -0.225. The van der Waals surface area contributed by atoms with E-state index in [4.69, 9.17) is 0 Å². The molecule has 1 rings (SSSR count). The van der Waals surface area contributed by atoms with Gasteiger partial charge in [0.1, 0.15) is 6.04 Å². The minimum absolute atomic E-state index is 0.0418. The summed E-state index contributed by atoms with van der Waals surface area (Å²) in [7, 11) is 0. The van der Waals surface area contributed by atoms with Crippen LogP contribution in [-0.4, -0.2) is 18.5 Å². The summed E-state index contributed by atoms with van der Waals surface area (Å²) < 4.78 is 1.05. The molecule has 3 nitrogen and oxygen atoms in total. The number of benzene rings is 1. The Morgan fingerprint density at radius 2 is 2.17 bits per heavy atom. The van der Waals surface area contributed by atoms with Crippen molar-refractivity contribution in [1.29, 1.82) is 0 Å². The second kappa shape index (κ2) is 7.41. The Hall–Kier alpha value is -1.03. The molecule has 0 saturated carbocycles. The summed E-state index contributed by atoms with van der Waals surface area (Å²) in [5, 5.41) is 6.11. The third kappa shape index (κ3) is 4.69. The maximum atomic E-state index is 11.8. The van der Waals surface area contributed by atoms with E-state index < -0.39 is 0 Å². The average molecular weight is 313 g/mol. The fraction of sp³-hybridized carbons (Fsp3) is 0.500. The van der Waals surface area contributed by atoms with Crippen LogP contribution in [0.2, 0.25) is 0 Å². The van der Waals surface area contributed by atoms with Crippen LogP contribution in [0.15, 0.2) is 22.7 Å². The molecule has 2 N–H and O–H groups in total. The highest BCUT2D eigenvalue weighted by Crippen LogP contribution is 2.21. The molecule has 0 radical (unpaired) electrons. The van der Waals surface area contributed by atoms with Crippen LogP contribution in [0.25, 0.3) is 0 Å². The molecule has 0 spiro atoms. The van der Waals surface area contributed by atoms with Crippen molar-refractivity contribution in [2.24, 2.45) is 0 Å². The lowest BCUT2D eigenvalue weighted by Gasteiger charge is -2.15. The van der Waals surface area contributed by atoms with Crippen molar-refractivity contribution in [2.45, 2.75) is 39.7 Å². The predicted molar refractivity (Wildman–Crippen MR) is 79.9 cm³/mol. The normalized spacial score (nSPS) is 12.0. The molecule has 0 aliphatic carbocycles. The van der Waals surface area contributed by atoms with E-state index in [0.717, 1.165) is 29.5 Å². The predicted octanol–water partition coefficient (Wildman–Crippen LogP) is 3.47. The van der Waals surface area contributed by atoms with E-state index in [9.17, 15) is 4.79 Å². The van der Waals surface area contributed by atoms with E-state index in [0.29, 0.717) is 0 Å². The highest BCUT2D eigenvalue weighted by atomic mass is 79.9. The summed E-state index contributed by atoms with van der Waals surface area (Å²) in [6, 6.07) is 5.77. The van der Waals surface area contributed by atoms with Crippen molar-refractivity contribution in [3.8, 4) is 0 Å². The standard InChI is InChI=1S/C14H21BrN2O/c1-4-5-8-16-14(18)11(3)17-12-7-6-10(2)13(15)9-12/h6-7,9,11,17H,4-5,8H2,1-3H3,(H,16,18). The molecule has 1 aromatic carbocycles. The minimum Gasteiger partial charge on any atom is -0.374 e. The Morgan fingerprint density at radius 3 is 2.78 bits per heavy atom. The first-order valence-electron chi connectivity index (χ1n) is 6.35. The van der Waals surface area contributed by atoms with E-state index in [1.807, 2.05) is 32.0 Å². The third-order valence-electron chi connectivity index (χ3n) is 2.78. The Morgan fingerprint density at radius 1 is 1.44 bits per heavy atom. The lowest BCUT2D eigenvalue weighted by Crippen LogP contribution is -2.37. The van der Waals surface area contributed by atoms with E-state index in [1.165, 1.54) is 5.56 Å². The van der Waals surface area contributed by atoms with Crippen molar-refractivity contribution in [3.05, 3.63) is 28.2 Å². The second-order valence-corrected chi connectivity index (χ2v) is 5.33. The maximum absolute atomic E-state index is 11.8.